The zero-order chi connectivity index (χ0) is 27.0. The third kappa shape index (κ3) is 7.92. The predicted molar refractivity (Wildman–Crippen MR) is 125 cm³/mol. The number of carbonyl (C=O) groups excluding carboxylic acids is 3. The van der Waals surface area contributed by atoms with Crippen LogP contribution in [0.15, 0.2) is 24.3 Å². The SMILES string of the molecule is CC(O)C(NC(=O)C(N)Cc1ccc(O)cc1)C(=O)N1CCCC1C(=O)NC(CCC(=O)O)C(=O)O. The largest absolute Gasteiger partial charge is 0.508 e. The van der Waals surface area contributed by atoms with E-state index in [1.807, 2.05) is 0 Å². The van der Waals surface area contributed by atoms with Gasteiger partial charge >= 0.3 is 11.9 Å². The molecule has 2 rings (SSSR count). The van der Waals surface area contributed by atoms with Crippen molar-refractivity contribution >= 4 is 29.7 Å². The normalized spacial score (nSPS) is 18.5. The van der Waals surface area contributed by atoms with Gasteiger partial charge in [-0.1, -0.05) is 12.1 Å². The minimum Gasteiger partial charge on any atom is -0.508 e. The number of nitrogens with two attached hydrogens (primary N) is 1. The van der Waals surface area contributed by atoms with Gasteiger partial charge in [0.15, 0.2) is 0 Å². The maximum absolute atomic E-state index is 13.2. The summed E-state index contributed by atoms with van der Waals surface area (Å²) in [7, 11) is 0. The molecule has 0 aromatic heterocycles. The molecule has 198 valence electrons. The fraction of sp³-hybridized carbons (Fsp3) is 0.522. The first-order chi connectivity index (χ1) is 16.9. The van der Waals surface area contributed by atoms with Crippen LogP contribution in [-0.2, 0) is 30.4 Å². The number of amides is 3. The lowest BCUT2D eigenvalue weighted by molar-refractivity contribution is -0.146. The lowest BCUT2D eigenvalue weighted by atomic mass is 10.0. The van der Waals surface area contributed by atoms with Crippen molar-refractivity contribution in [1.29, 1.82) is 0 Å². The smallest absolute Gasteiger partial charge is 0.326 e. The van der Waals surface area contributed by atoms with E-state index in [1.165, 1.54) is 19.1 Å². The van der Waals surface area contributed by atoms with Gasteiger partial charge in [-0.05, 0) is 50.3 Å². The first-order valence-electron chi connectivity index (χ1n) is 11.5. The molecule has 1 aromatic carbocycles. The van der Waals surface area contributed by atoms with Crippen LogP contribution >= 0.6 is 0 Å². The van der Waals surface area contributed by atoms with Gasteiger partial charge in [-0.25, -0.2) is 4.79 Å². The van der Waals surface area contributed by atoms with Crippen molar-refractivity contribution < 1.29 is 44.4 Å². The number of aliphatic hydroxyl groups is 1. The Labute approximate surface area is 207 Å². The molecule has 0 bridgehead atoms. The molecule has 1 fully saturated rings. The Hall–Kier alpha value is -3.71. The van der Waals surface area contributed by atoms with E-state index in [-0.39, 0.29) is 31.6 Å². The van der Waals surface area contributed by atoms with E-state index >= 15 is 0 Å². The Kier molecular flexibility index (Phi) is 10.2. The highest BCUT2D eigenvalue weighted by molar-refractivity contribution is 5.95. The number of benzene rings is 1. The molecule has 5 unspecified atom stereocenters. The van der Waals surface area contributed by atoms with Gasteiger partial charge < -0.3 is 41.7 Å². The van der Waals surface area contributed by atoms with E-state index in [0.29, 0.717) is 12.0 Å². The molecule has 0 saturated carbocycles. The molecule has 1 heterocycles. The van der Waals surface area contributed by atoms with Crippen LogP contribution in [0.1, 0.15) is 38.2 Å². The second-order valence-electron chi connectivity index (χ2n) is 8.73. The van der Waals surface area contributed by atoms with Crippen molar-refractivity contribution in [3.8, 4) is 5.75 Å². The minimum atomic E-state index is -1.45. The quantitative estimate of drug-likeness (QED) is 0.174. The second-order valence-corrected chi connectivity index (χ2v) is 8.73. The number of aliphatic carboxylic acids is 2. The molecule has 3 amide bonds. The minimum absolute atomic E-state index is 0.0531. The van der Waals surface area contributed by atoms with Crippen LogP contribution < -0.4 is 16.4 Å². The van der Waals surface area contributed by atoms with E-state index in [1.54, 1.807) is 12.1 Å². The van der Waals surface area contributed by atoms with Crippen molar-refractivity contribution in [2.24, 2.45) is 5.73 Å². The fourth-order valence-electron chi connectivity index (χ4n) is 3.90. The number of carboxylic acids is 2. The molecule has 1 aromatic rings. The van der Waals surface area contributed by atoms with Crippen LogP contribution in [0.2, 0.25) is 0 Å². The Morgan fingerprint density at radius 1 is 1.11 bits per heavy atom. The Balaban J connectivity index is 2.06. The van der Waals surface area contributed by atoms with E-state index in [9.17, 15) is 39.3 Å². The third-order valence-corrected chi connectivity index (χ3v) is 5.87. The van der Waals surface area contributed by atoms with Crippen LogP contribution in [0.25, 0.3) is 0 Å². The van der Waals surface area contributed by atoms with E-state index in [2.05, 4.69) is 10.6 Å². The summed E-state index contributed by atoms with van der Waals surface area (Å²) in [6.45, 7) is 1.44. The summed E-state index contributed by atoms with van der Waals surface area (Å²) in [5, 5.41) is 42.3. The standard InChI is InChI=1S/C23H32N4O9/c1-12(28)19(26-20(32)15(24)11-13-4-6-14(29)7-5-13)22(34)27-10-2-3-17(27)21(33)25-16(23(35)36)8-9-18(30)31/h4-7,12,15-17,19,28-29H,2-3,8-11,24H2,1H3,(H,25,33)(H,26,32)(H,30,31)(H,35,36). The van der Waals surface area contributed by atoms with Gasteiger partial charge in [-0.2, -0.15) is 0 Å². The average Bonchev–Trinajstić information content (AvgIpc) is 3.30. The number of nitrogens with zero attached hydrogens (tertiary/aromatic N) is 1. The van der Waals surface area contributed by atoms with Crippen molar-refractivity contribution in [3.63, 3.8) is 0 Å². The first kappa shape index (κ1) is 28.5. The number of likely N-dealkylation sites (tertiary alicyclic amines) is 1. The highest BCUT2D eigenvalue weighted by atomic mass is 16.4. The molecule has 1 aliphatic heterocycles. The molecule has 5 atom stereocenters. The topological polar surface area (TPSA) is 220 Å². The molecule has 1 aliphatic rings. The number of phenols is 1. The lowest BCUT2D eigenvalue weighted by Crippen LogP contribution is -2.59. The van der Waals surface area contributed by atoms with E-state index < -0.39 is 66.4 Å². The van der Waals surface area contributed by atoms with Gasteiger partial charge in [0.2, 0.25) is 17.7 Å². The molecule has 0 radical (unpaired) electrons. The number of phenolic OH excluding ortho intramolecular Hbond substituents is 1. The number of rotatable bonds is 12. The molecule has 13 heteroatoms. The lowest BCUT2D eigenvalue weighted by Gasteiger charge is -2.31. The number of hydrogen-bond donors (Lipinski definition) is 7. The van der Waals surface area contributed by atoms with Gasteiger partial charge in [0, 0.05) is 13.0 Å². The second kappa shape index (κ2) is 12.8. The molecular weight excluding hydrogens is 476 g/mol. The van der Waals surface area contributed by atoms with Crippen LogP contribution in [0, 0.1) is 0 Å². The highest BCUT2D eigenvalue weighted by Gasteiger charge is 2.40. The number of aliphatic hydroxyl groups excluding tert-OH is 1. The monoisotopic (exact) mass is 508 g/mol. The number of carboxylic acid groups (broad SMARTS) is 2. The van der Waals surface area contributed by atoms with Gasteiger partial charge in [0.05, 0.1) is 12.1 Å². The van der Waals surface area contributed by atoms with Gasteiger partial charge in [-0.3, -0.25) is 19.2 Å². The summed E-state index contributed by atoms with van der Waals surface area (Å²) in [6, 6.07) is 1.10. The molecule has 36 heavy (non-hydrogen) atoms. The molecule has 1 saturated heterocycles. The number of carbonyl (C=O) groups is 5. The summed E-state index contributed by atoms with van der Waals surface area (Å²) < 4.78 is 0. The van der Waals surface area contributed by atoms with Crippen molar-refractivity contribution in [2.75, 3.05) is 6.54 Å². The highest BCUT2D eigenvalue weighted by Crippen LogP contribution is 2.20. The predicted octanol–water partition coefficient (Wildman–Crippen LogP) is -1.45. The number of aromatic hydroxyl groups is 1. The Morgan fingerprint density at radius 3 is 2.31 bits per heavy atom. The Morgan fingerprint density at radius 2 is 1.75 bits per heavy atom. The fourth-order valence-corrected chi connectivity index (χ4v) is 3.90. The van der Waals surface area contributed by atoms with Crippen LogP contribution in [0.4, 0.5) is 0 Å². The van der Waals surface area contributed by atoms with Gasteiger partial charge in [0.1, 0.15) is 23.9 Å². The van der Waals surface area contributed by atoms with Crippen LogP contribution in [0.5, 0.6) is 5.75 Å². The summed E-state index contributed by atoms with van der Waals surface area (Å²) in [6.07, 6.45) is -1.36. The molecular formula is C23H32N4O9. The molecule has 13 nitrogen and oxygen atoms in total. The van der Waals surface area contributed by atoms with Crippen molar-refractivity contribution in [3.05, 3.63) is 29.8 Å². The van der Waals surface area contributed by atoms with Gasteiger partial charge in [-0.15, -0.1) is 0 Å². The third-order valence-electron chi connectivity index (χ3n) is 5.87. The summed E-state index contributed by atoms with van der Waals surface area (Å²) >= 11 is 0. The number of hydrogen-bond acceptors (Lipinski definition) is 8. The maximum atomic E-state index is 13.2. The van der Waals surface area contributed by atoms with Crippen molar-refractivity contribution in [1.82, 2.24) is 15.5 Å². The van der Waals surface area contributed by atoms with Crippen LogP contribution in [-0.4, -0.2) is 91.8 Å². The zero-order valence-electron chi connectivity index (χ0n) is 19.8. The van der Waals surface area contributed by atoms with E-state index in [4.69, 9.17) is 10.8 Å². The first-order valence-corrected chi connectivity index (χ1v) is 11.5. The number of nitrogens with one attached hydrogen (secondary N) is 2. The maximum Gasteiger partial charge on any atom is 0.326 e. The van der Waals surface area contributed by atoms with Crippen molar-refractivity contribution in [2.45, 2.75) is 69.3 Å². The summed E-state index contributed by atoms with van der Waals surface area (Å²) in [5.74, 6) is -4.77. The van der Waals surface area contributed by atoms with Gasteiger partial charge in [0.25, 0.3) is 0 Å². The van der Waals surface area contributed by atoms with E-state index in [0.717, 1.165) is 4.90 Å². The summed E-state index contributed by atoms with van der Waals surface area (Å²) in [4.78, 5) is 62.0. The Bertz CT molecular complexity index is 967. The van der Waals surface area contributed by atoms with Crippen LogP contribution in [0.3, 0.4) is 0 Å². The molecule has 0 spiro atoms. The average molecular weight is 509 g/mol. The summed E-state index contributed by atoms with van der Waals surface area (Å²) in [5.41, 5.74) is 6.62. The molecule has 8 N–H and O–H groups in total. The molecule has 0 aliphatic carbocycles. The zero-order valence-corrected chi connectivity index (χ0v) is 19.8.